The Balaban J connectivity index is 1.78. The number of sulfone groups is 1. The number of nitrogens with zero attached hydrogens (tertiary/aromatic N) is 3. The van der Waals surface area contributed by atoms with Gasteiger partial charge in [-0.15, -0.1) is 0 Å². The molecule has 34 heavy (non-hydrogen) atoms. The SMILES string of the molecule is CON=C(C)c1ccc(N2CCN(C(=O)c3cc(S(C)(=O)=O)ccc3OC(C)C)CC2)c(F)c1. The van der Waals surface area contributed by atoms with Gasteiger partial charge in [-0.1, -0.05) is 11.2 Å². The van der Waals surface area contributed by atoms with Crippen molar-refractivity contribution >= 4 is 27.1 Å². The average Bonchev–Trinajstić information content (AvgIpc) is 2.78. The Morgan fingerprint density at radius 2 is 1.76 bits per heavy atom. The lowest BCUT2D eigenvalue weighted by Gasteiger charge is -2.36. The summed E-state index contributed by atoms with van der Waals surface area (Å²) >= 11 is 0. The molecule has 0 spiro atoms. The molecule has 1 amide bonds. The highest BCUT2D eigenvalue weighted by Crippen LogP contribution is 2.27. The van der Waals surface area contributed by atoms with E-state index < -0.39 is 9.84 Å². The Hall–Kier alpha value is -3.14. The molecule has 0 radical (unpaired) electrons. The van der Waals surface area contributed by atoms with Gasteiger partial charge in [-0.05, 0) is 51.1 Å². The maximum Gasteiger partial charge on any atom is 0.257 e. The van der Waals surface area contributed by atoms with E-state index in [1.807, 2.05) is 18.7 Å². The molecule has 0 aromatic heterocycles. The molecule has 0 unspecified atom stereocenters. The Morgan fingerprint density at radius 1 is 1.09 bits per heavy atom. The molecule has 1 fully saturated rings. The lowest BCUT2D eigenvalue weighted by molar-refractivity contribution is 0.0740. The number of piperazine rings is 1. The minimum atomic E-state index is -3.49. The second-order valence-electron chi connectivity index (χ2n) is 8.40. The number of amides is 1. The van der Waals surface area contributed by atoms with E-state index in [1.165, 1.54) is 31.4 Å². The van der Waals surface area contributed by atoms with Gasteiger partial charge >= 0.3 is 0 Å². The highest BCUT2D eigenvalue weighted by atomic mass is 32.2. The summed E-state index contributed by atoms with van der Waals surface area (Å²) in [5, 5.41) is 3.83. The van der Waals surface area contributed by atoms with E-state index in [9.17, 15) is 17.6 Å². The summed E-state index contributed by atoms with van der Waals surface area (Å²) in [5.41, 5.74) is 1.84. The molecule has 0 N–H and O–H groups in total. The predicted octanol–water partition coefficient (Wildman–Crippen LogP) is 3.35. The molecule has 1 heterocycles. The zero-order valence-corrected chi connectivity index (χ0v) is 20.9. The summed E-state index contributed by atoms with van der Waals surface area (Å²) in [6.07, 6.45) is 0.914. The maximum absolute atomic E-state index is 14.8. The molecule has 0 bridgehead atoms. The number of carbonyl (C=O) groups is 1. The van der Waals surface area contributed by atoms with Crippen LogP contribution in [0.4, 0.5) is 10.1 Å². The number of benzene rings is 2. The Labute approximate surface area is 199 Å². The van der Waals surface area contributed by atoms with Crippen LogP contribution in [0.25, 0.3) is 0 Å². The number of anilines is 1. The van der Waals surface area contributed by atoms with Crippen molar-refractivity contribution in [1.82, 2.24) is 4.90 Å². The van der Waals surface area contributed by atoms with Gasteiger partial charge in [0.1, 0.15) is 18.7 Å². The monoisotopic (exact) mass is 491 g/mol. The van der Waals surface area contributed by atoms with E-state index in [4.69, 9.17) is 9.57 Å². The fourth-order valence-electron chi connectivity index (χ4n) is 3.76. The minimum absolute atomic E-state index is 0.0556. The highest BCUT2D eigenvalue weighted by Gasteiger charge is 2.27. The average molecular weight is 492 g/mol. The number of hydrogen-bond acceptors (Lipinski definition) is 7. The van der Waals surface area contributed by atoms with E-state index in [0.717, 1.165) is 6.26 Å². The van der Waals surface area contributed by atoms with Crippen LogP contribution in [0, 0.1) is 5.82 Å². The first kappa shape index (κ1) is 25.5. The van der Waals surface area contributed by atoms with Gasteiger partial charge in [0.2, 0.25) is 0 Å². The molecule has 10 heteroatoms. The van der Waals surface area contributed by atoms with Gasteiger partial charge in [-0.2, -0.15) is 0 Å². The molecule has 0 aliphatic carbocycles. The van der Waals surface area contributed by atoms with Crippen LogP contribution in [0.3, 0.4) is 0 Å². The van der Waals surface area contributed by atoms with Crippen molar-refractivity contribution in [2.45, 2.75) is 31.8 Å². The summed E-state index contributed by atoms with van der Waals surface area (Å²) in [6, 6.07) is 9.21. The zero-order chi connectivity index (χ0) is 25.0. The van der Waals surface area contributed by atoms with Crippen LogP contribution in [0.15, 0.2) is 46.4 Å². The number of ether oxygens (including phenoxy) is 1. The Morgan fingerprint density at radius 3 is 2.32 bits per heavy atom. The first-order valence-electron chi connectivity index (χ1n) is 10.9. The topological polar surface area (TPSA) is 88.5 Å². The van der Waals surface area contributed by atoms with Crippen LogP contribution < -0.4 is 9.64 Å². The molecule has 184 valence electrons. The summed E-state index contributed by atoms with van der Waals surface area (Å²) in [6.45, 7) is 6.97. The number of rotatable bonds is 7. The van der Waals surface area contributed by atoms with E-state index in [0.29, 0.717) is 48.9 Å². The number of carbonyl (C=O) groups excluding carboxylic acids is 1. The number of oxime groups is 1. The first-order valence-corrected chi connectivity index (χ1v) is 12.8. The molecule has 3 rings (SSSR count). The van der Waals surface area contributed by atoms with Gasteiger partial charge in [0, 0.05) is 38.0 Å². The Bertz CT molecular complexity index is 1190. The van der Waals surface area contributed by atoms with Gasteiger partial charge in [-0.25, -0.2) is 12.8 Å². The second-order valence-corrected chi connectivity index (χ2v) is 10.4. The van der Waals surface area contributed by atoms with E-state index in [-0.39, 0.29) is 28.3 Å². The summed E-state index contributed by atoms with van der Waals surface area (Å²) < 4.78 is 44.6. The summed E-state index contributed by atoms with van der Waals surface area (Å²) in [4.78, 5) is 21.6. The third-order valence-corrected chi connectivity index (χ3v) is 6.58. The molecule has 1 aliphatic heterocycles. The molecule has 2 aromatic rings. The third-order valence-electron chi connectivity index (χ3n) is 5.47. The first-order chi connectivity index (χ1) is 16.0. The Kier molecular flexibility index (Phi) is 7.81. The standard InChI is InChI=1S/C24H30FN3O5S/c1-16(2)33-23-9-7-19(34(5,30)31)15-20(23)24(29)28-12-10-27(11-13-28)22-8-6-18(14-21(22)25)17(3)26-32-4/h6-9,14-16H,10-13H2,1-5H3. The van der Waals surface area contributed by atoms with Crippen LogP contribution in [0.1, 0.15) is 36.7 Å². The fourth-order valence-corrected chi connectivity index (χ4v) is 4.41. The molecule has 1 aliphatic rings. The van der Waals surface area contributed by atoms with Gasteiger partial charge < -0.3 is 19.4 Å². The molecule has 1 saturated heterocycles. The van der Waals surface area contributed by atoms with Crippen LogP contribution in [-0.2, 0) is 14.7 Å². The van der Waals surface area contributed by atoms with Crippen molar-refractivity contribution in [3.63, 3.8) is 0 Å². The van der Waals surface area contributed by atoms with E-state index in [2.05, 4.69) is 5.16 Å². The van der Waals surface area contributed by atoms with Crippen LogP contribution in [0.2, 0.25) is 0 Å². The van der Waals surface area contributed by atoms with Crippen LogP contribution in [0.5, 0.6) is 5.75 Å². The quantitative estimate of drug-likeness (QED) is 0.436. The lowest BCUT2D eigenvalue weighted by atomic mass is 10.1. The van der Waals surface area contributed by atoms with E-state index >= 15 is 0 Å². The third kappa shape index (κ3) is 5.85. The van der Waals surface area contributed by atoms with Crippen molar-refractivity contribution < 1.29 is 27.2 Å². The van der Waals surface area contributed by atoms with E-state index in [1.54, 1.807) is 24.0 Å². The molecule has 0 atom stereocenters. The summed E-state index contributed by atoms with van der Waals surface area (Å²) in [5.74, 6) is -0.357. The molecule has 8 nitrogen and oxygen atoms in total. The van der Waals surface area contributed by atoms with Gasteiger partial charge in [0.15, 0.2) is 9.84 Å². The van der Waals surface area contributed by atoms with Crippen LogP contribution >= 0.6 is 0 Å². The second kappa shape index (κ2) is 10.4. The maximum atomic E-state index is 14.8. The minimum Gasteiger partial charge on any atom is -0.490 e. The van der Waals surface area contributed by atoms with Crippen molar-refractivity contribution in [3.8, 4) is 5.75 Å². The molecular weight excluding hydrogens is 461 g/mol. The van der Waals surface area contributed by atoms with Crippen molar-refractivity contribution in [3.05, 3.63) is 53.3 Å². The number of hydrogen-bond donors (Lipinski definition) is 0. The predicted molar refractivity (Wildman–Crippen MR) is 129 cm³/mol. The van der Waals surface area contributed by atoms with Gasteiger partial charge in [0.25, 0.3) is 5.91 Å². The molecule has 2 aromatic carbocycles. The van der Waals surface area contributed by atoms with Gasteiger partial charge in [0.05, 0.1) is 28.0 Å². The molecule has 0 saturated carbocycles. The lowest BCUT2D eigenvalue weighted by Crippen LogP contribution is -2.49. The highest BCUT2D eigenvalue weighted by molar-refractivity contribution is 7.90. The molecular formula is C24H30FN3O5S. The van der Waals surface area contributed by atoms with Crippen molar-refractivity contribution in [1.29, 1.82) is 0 Å². The fraction of sp³-hybridized carbons (Fsp3) is 0.417. The largest absolute Gasteiger partial charge is 0.490 e. The summed E-state index contributed by atoms with van der Waals surface area (Å²) in [7, 11) is -2.06. The van der Waals surface area contributed by atoms with Crippen molar-refractivity contribution in [2.24, 2.45) is 5.16 Å². The normalized spacial score (nSPS) is 15.0. The van der Waals surface area contributed by atoms with Crippen molar-refractivity contribution in [2.75, 3.05) is 44.4 Å². The number of halogens is 1. The smallest absolute Gasteiger partial charge is 0.257 e. The van der Waals surface area contributed by atoms with Crippen LogP contribution in [-0.4, -0.2) is 70.6 Å². The van der Waals surface area contributed by atoms with Gasteiger partial charge in [-0.3, -0.25) is 4.79 Å². The zero-order valence-electron chi connectivity index (χ0n) is 20.0.